The van der Waals surface area contributed by atoms with Crippen molar-refractivity contribution in [3.63, 3.8) is 0 Å². The van der Waals surface area contributed by atoms with Crippen LogP contribution in [0.25, 0.3) is 6.08 Å². The van der Waals surface area contributed by atoms with E-state index in [1.807, 2.05) is 10.8 Å². The van der Waals surface area contributed by atoms with E-state index in [1.165, 1.54) is 24.3 Å². The molecule has 150 valence electrons. The third-order valence-electron chi connectivity index (χ3n) is 3.94. The van der Waals surface area contributed by atoms with E-state index in [-0.39, 0.29) is 0 Å². The smallest absolute Gasteiger partial charge is 0.416 e. The summed E-state index contributed by atoms with van der Waals surface area (Å²) in [5, 5.41) is 2.69. The van der Waals surface area contributed by atoms with Crippen LogP contribution in [0, 0.1) is 0 Å². The van der Waals surface area contributed by atoms with Crippen LogP contribution in [-0.4, -0.2) is 22.1 Å². The van der Waals surface area contributed by atoms with Gasteiger partial charge in [0, 0.05) is 30.2 Å². The number of imidazole rings is 1. The first-order valence-corrected chi connectivity index (χ1v) is 8.75. The molecule has 0 saturated carbocycles. The van der Waals surface area contributed by atoms with Crippen LogP contribution in [0.15, 0.2) is 73.3 Å². The third kappa shape index (κ3) is 6.24. The maximum Gasteiger partial charge on any atom is 0.416 e. The van der Waals surface area contributed by atoms with Gasteiger partial charge in [0.05, 0.1) is 18.4 Å². The zero-order chi connectivity index (χ0) is 20.7. The lowest BCUT2D eigenvalue weighted by molar-refractivity contribution is -0.137. The van der Waals surface area contributed by atoms with E-state index >= 15 is 0 Å². The van der Waals surface area contributed by atoms with Gasteiger partial charge in [-0.2, -0.15) is 13.2 Å². The maximum atomic E-state index is 12.6. The topological polar surface area (TPSA) is 56.1 Å². The number of ether oxygens (including phenoxy) is 1. The fourth-order valence-electron chi connectivity index (χ4n) is 2.49. The minimum absolute atomic E-state index is 0.402. The molecule has 3 rings (SSSR count). The van der Waals surface area contributed by atoms with E-state index in [0.717, 1.165) is 12.1 Å². The average Bonchev–Trinajstić information content (AvgIpc) is 3.20. The van der Waals surface area contributed by atoms with Crippen LogP contribution in [0.1, 0.15) is 11.1 Å². The first kappa shape index (κ1) is 20.2. The van der Waals surface area contributed by atoms with Crippen LogP contribution in [0.2, 0.25) is 0 Å². The monoisotopic (exact) mass is 401 g/mol. The predicted molar refractivity (Wildman–Crippen MR) is 103 cm³/mol. The zero-order valence-corrected chi connectivity index (χ0v) is 15.3. The van der Waals surface area contributed by atoms with Crippen molar-refractivity contribution in [2.75, 3.05) is 11.9 Å². The molecule has 5 nitrogen and oxygen atoms in total. The van der Waals surface area contributed by atoms with Gasteiger partial charge in [0.1, 0.15) is 12.4 Å². The average molecular weight is 401 g/mol. The van der Waals surface area contributed by atoms with E-state index in [0.29, 0.717) is 30.2 Å². The molecule has 0 atom stereocenters. The summed E-state index contributed by atoms with van der Waals surface area (Å²) in [5.74, 6) is 0.204. The lowest BCUT2D eigenvalue weighted by atomic mass is 10.1. The molecule has 1 N–H and O–H groups in total. The highest BCUT2D eigenvalue weighted by Crippen LogP contribution is 2.29. The molecule has 1 amide bonds. The number of nitrogens with zero attached hydrogens (tertiary/aromatic N) is 2. The molecule has 3 aromatic rings. The summed E-state index contributed by atoms with van der Waals surface area (Å²) in [7, 11) is 0. The Kier molecular flexibility index (Phi) is 6.33. The Bertz CT molecular complexity index is 966. The van der Waals surface area contributed by atoms with Gasteiger partial charge in [-0.05, 0) is 35.9 Å². The molecule has 0 aliphatic rings. The molecule has 0 spiro atoms. The van der Waals surface area contributed by atoms with Crippen LogP contribution in [0.4, 0.5) is 18.9 Å². The molecule has 29 heavy (non-hydrogen) atoms. The minimum atomic E-state index is -4.38. The molecule has 0 radical (unpaired) electrons. The Morgan fingerprint density at radius 2 is 1.97 bits per heavy atom. The Balaban J connectivity index is 1.52. The van der Waals surface area contributed by atoms with E-state index in [9.17, 15) is 18.0 Å². The summed E-state index contributed by atoms with van der Waals surface area (Å²) in [6, 6.07) is 11.5. The Morgan fingerprint density at radius 1 is 1.17 bits per heavy atom. The summed E-state index contributed by atoms with van der Waals surface area (Å²) in [6.07, 6.45) is 3.54. The highest BCUT2D eigenvalue weighted by atomic mass is 19.4. The standard InChI is InChI=1S/C21H18F3N3O2/c22-21(23,24)17-7-4-16(5-8-17)6-9-20(28)26-18-2-1-3-19(14-18)29-13-12-27-11-10-25-15-27/h1-11,14-15H,12-13H2,(H,26,28)/b9-6+. The Labute approximate surface area is 165 Å². The Morgan fingerprint density at radius 3 is 2.66 bits per heavy atom. The van der Waals surface area contributed by atoms with Crippen molar-refractivity contribution in [2.24, 2.45) is 0 Å². The van der Waals surface area contributed by atoms with Gasteiger partial charge in [-0.1, -0.05) is 18.2 Å². The van der Waals surface area contributed by atoms with Gasteiger partial charge in [0.15, 0.2) is 0 Å². The molecule has 1 heterocycles. The first-order chi connectivity index (χ1) is 13.9. The van der Waals surface area contributed by atoms with Crippen molar-refractivity contribution < 1.29 is 22.7 Å². The van der Waals surface area contributed by atoms with E-state index in [2.05, 4.69) is 10.3 Å². The number of amides is 1. The van der Waals surface area contributed by atoms with Gasteiger partial charge < -0.3 is 14.6 Å². The van der Waals surface area contributed by atoms with Crippen LogP contribution in [0.3, 0.4) is 0 Å². The number of carbonyl (C=O) groups excluding carboxylic acids is 1. The van der Waals surface area contributed by atoms with Gasteiger partial charge in [-0.15, -0.1) is 0 Å². The number of nitrogens with one attached hydrogen (secondary N) is 1. The first-order valence-electron chi connectivity index (χ1n) is 8.75. The molecule has 0 aliphatic heterocycles. The number of rotatable bonds is 7. The molecule has 0 unspecified atom stereocenters. The molecule has 8 heteroatoms. The molecule has 0 fully saturated rings. The molecular formula is C21H18F3N3O2. The van der Waals surface area contributed by atoms with Crippen molar-refractivity contribution in [1.29, 1.82) is 0 Å². The van der Waals surface area contributed by atoms with Crippen molar-refractivity contribution in [3.8, 4) is 5.75 Å². The number of hydrogen-bond acceptors (Lipinski definition) is 3. The number of hydrogen-bond donors (Lipinski definition) is 1. The van der Waals surface area contributed by atoms with Crippen molar-refractivity contribution in [1.82, 2.24) is 9.55 Å². The van der Waals surface area contributed by atoms with Crippen molar-refractivity contribution >= 4 is 17.7 Å². The highest BCUT2D eigenvalue weighted by molar-refractivity contribution is 6.02. The van der Waals surface area contributed by atoms with Gasteiger partial charge in [-0.3, -0.25) is 4.79 Å². The molecule has 0 saturated heterocycles. The number of carbonyl (C=O) groups is 1. The number of benzene rings is 2. The SMILES string of the molecule is O=C(/C=C/c1ccc(C(F)(F)F)cc1)Nc1cccc(OCCn2ccnc2)c1. The van der Waals surface area contributed by atoms with Crippen LogP contribution >= 0.6 is 0 Å². The quantitative estimate of drug-likeness (QED) is 0.587. The van der Waals surface area contributed by atoms with Crippen LogP contribution < -0.4 is 10.1 Å². The van der Waals surface area contributed by atoms with Crippen LogP contribution in [0.5, 0.6) is 5.75 Å². The van der Waals surface area contributed by atoms with Gasteiger partial charge in [0.2, 0.25) is 5.91 Å². The fraction of sp³-hybridized carbons (Fsp3) is 0.143. The molecular weight excluding hydrogens is 383 g/mol. The third-order valence-corrected chi connectivity index (χ3v) is 3.94. The number of alkyl halides is 3. The maximum absolute atomic E-state index is 12.6. The Hall–Kier alpha value is -3.55. The van der Waals surface area contributed by atoms with Crippen molar-refractivity contribution in [3.05, 3.63) is 84.5 Å². The number of aromatic nitrogens is 2. The summed E-state index contributed by atoms with van der Waals surface area (Å²) in [5.41, 5.74) is 0.306. The van der Waals surface area contributed by atoms with E-state index in [1.54, 1.807) is 36.8 Å². The predicted octanol–water partition coefficient (Wildman–Crippen LogP) is 4.63. The molecule has 0 bridgehead atoms. The van der Waals surface area contributed by atoms with Crippen LogP contribution in [-0.2, 0) is 17.5 Å². The number of anilines is 1. The summed E-state index contributed by atoms with van der Waals surface area (Å²) >= 11 is 0. The van der Waals surface area contributed by atoms with Gasteiger partial charge in [0.25, 0.3) is 0 Å². The molecule has 2 aromatic carbocycles. The highest BCUT2D eigenvalue weighted by Gasteiger charge is 2.29. The summed E-state index contributed by atoms with van der Waals surface area (Å²) < 4.78 is 45.2. The second-order valence-electron chi connectivity index (χ2n) is 6.12. The molecule has 1 aromatic heterocycles. The lowest BCUT2D eigenvalue weighted by Gasteiger charge is -2.09. The molecule has 0 aliphatic carbocycles. The fourth-order valence-corrected chi connectivity index (χ4v) is 2.49. The van der Waals surface area contributed by atoms with E-state index in [4.69, 9.17) is 4.74 Å². The summed E-state index contributed by atoms with van der Waals surface area (Å²) in [6.45, 7) is 1.09. The van der Waals surface area contributed by atoms with Crippen molar-refractivity contribution in [2.45, 2.75) is 12.7 Å². The zero-order valence-electron chi connectivity index (χ0n) is 15.3. The van der Waals surface area contributed by atoms with Gasteiger partial charge >= 0.3 is 6.18 Å². The normalized spacial score (nSPS) is 11.6. The van der Waals surface area contributed by atoms with Gasteiger partial charge in [-0.25, -0.2) is 4.98 Å². The second kappa shape index (κ2) is 9.09. The lowest BCUT2D eigenvalue weighted by Crippen LogP contribution is -2.09. The minimum Gasteiger partial charge on any atom is -0.492 e. The second-order valence-corrected chi connectivity index (χ2v) is 6.12. The number of halogens is 3. The largest absolute Gasteiger partial charge is 0.492 e. The van der Waals surface area contributed by atoms with E-state index < -0.39 is 17.6 Å². The summed E-state index contributed by atoms with van der Waals surface area (Å²) in [4.78, 5) is 16.0.